The highest BCUT2D eigenvalue weighted by Crippen LogP contribution is 2.27. The quantitative estimate of drug-likeness (QED) is 0.466. The molecule has 2 rings (SSSR count). The van der Waals surface area contributed by atoms with Gasteiger partial charge < -0.3 is 10.1 Å². The van der Waals surface area contributed by atoms with E-state index in [4.69, 9.17) is 4.74 Å². The molecule has 142 valence electrons. The van der Waals surface area contributed by atoms with E-state index in [0.29, 0.717) is 5.69 Å². The van der Waals surface area contributed by atoms with Crippen molar-refractivity contribution in [3.8, 4) is 0 Å². The zero-order valence-electron chi connectivity index (χ0n) is 15.7. The van der Waals surface area contributed by atoms with Crippen LogP contribution in [0.25, 0.3) is 0 Å². The Morgan fingerprint density at radius 1 is 1.07 bits per heavy atom. The highest BCUT2D eigenvalue weighted by molar-refractivity contribution is 5.99. The van der Waals surface area contributed by atoms with Crippen LogP contribution in [0, 0.1) is 17.0 Å². The molecule has 0 aromatic heterocycles. The number of hydrogen-bond acceptors (Lipinski definition) is 5. The third kappa shape index (κ3) is 4.69. The lowest BCUT2D eigenvalue weighted by molar-refractivity contribution is -0.385. The van der Waals surface area contributed by atoms with Crippen LogP contribution in [0.1, 0.15) is 48.2 Å². The first-order valence-electron chi connectivity index (χ1n) is 8.57. The number of aryl methyl sites for hydroxylation is 1. The van der Waals surface area contributed by atoms with Gasteiger partial charge in [0.1, 0.15) is 5.56 Å². The SMILES string of the molecule is Cc1cccc(C(C)C)c1NC(=O)C(C)OC(=O)c1ccccc1[N+](=O)[O-]. The highest BCUT2D eigenvalue weighted by Gasteiger charge is 2.25. The van der Waals surface area contributed by atoms with Gasteiger partial charge in [-0.05, 0) is 37.0 Å². The Kier molecular flexibility index (Phi) is 6.28. The van der Waals surface area contributed by atoms with Crippen molar-refractivity contribution in [2.75, 3.05) is 5.32 Å². The summed E-state index contributed by atoms with van der Waals surface area (Å²) >= 11 is 0. The van der Waals surface area contributed by atoms with E-state index in [2.05, 4.69) is 5.32 Å². The average Bonchev–Trinajstić information content (AvgIpc) is 2.62. The zero-order chi connectivity index (χ0) is 20.1. The van der Waals surface area contributed by atoms with Crippen molar-refractivity contribution in [1.29, 1.82) is 0 Å². The molecule has 1 atom stereocenters. The third-order valence-electron chi connectivity index (χ3n) is 4.15. The maximum absolute atomic E-state index is 12.5. The molecule has 1 N–H and O–H groups in total. The lowest BCUT2D eigenvalue weighted by Gasteiger charge is -2.19. The number of rotatable bonds is 6. The largest absolute Gasteiger partial charge is 0.449 e. The summed E-state index contributed by atoms with van der Waals surface area (Å²) < 4.78 is 5.15. The molecule has 2 aromatic rings. The predicted molar refractivity (Wildman–Crippen MR) is 102 cm³/mol. The summed E-state index contributed by atoms with van der Waals surface area (Å²) in [6, 6.07) is 11.2. The molecule has 7 nitrogen and oxygen atoms in total. The maximum Gasteiger partial charge on any atom is 0.345 e. The first-order chi connectivity index (χ1) is 12.7. The molecule has 0 bridgehead atoms. The Balaban J connectivity index is 2.16. The van der Waals surface area contributed by atoms with Crippen molar-refractivity contribution >= 4 is 23.3 Å². The molecular weight excluding hydrogens is 348 g/mol. The fourth-order valence-electron chi connectivity index (χ4n) is 2.65. The van der Waals surface area contributed by atoms with Crippen LogP contribution in [0.2, 0.25) is 0 Å². The minimum atomic E-state index is -1.11. The number of ether oxygens (including phenoxy) is 1. The summed E-state index contributed by atoms with van der Waals surface area (Å²) in [6.45, 7) is 7.34. The Hall–Kier alpha value is -3.22. The number of para-hydroxylation sites is 2. The fraction of sp³-hybridized carbons (Fsp3) is 0.300. The first kappa shape index (κ1) is 20.1. The lowest BCUT2D eigenvalue weighted by atomic mass is 9.98. The molecule has 0 spiro atoms. The van der Waals surface area contributed by atoms with E-state index in [1.54, 1.807) is 0 Å². The Morgan fingerprint density at radius 3 is 2.37 bits per heavy atom. The third-order valence-corrected chi connectivity index (χ3v) is 4.15. The van der Waals surface area contributed by atoms with E-state index >= 15 is 0 Å². The van der Waals surface area contributed by atoms with Crippen LogP contribution in [0.5, 0.6) is 0 Å². The van der Waals surface area contributed by atoms with E-state index in [-0.39, 0.29) is 17.2 Å². The summed E-state index contributed by atoms with van der Waals surface area (Å²) in [5, 5.41) is 13.8. The lowest BCUT2D eigenvalue weighted by Crippen LogP contribution is -2.30. The Morgan fingerprint density at radius 2 is 1.74 bits per heavy atom. The molecule has 0 aliphatic rings. The standard InChI is InChI=1S/C20H22N2O5/c1-12(2)15-10-7-8-13(3)18(15)21-19(23)14(4)27-20(24)16-9-5-6-11-17(16)22(25)26/h5-12,14H,1-4H3,(H,21,23). The number of anilines is 1. The molecule has 0 heterocycles. The summed E-state index contributed by atoms with van der Waals surface area (Å²) in [4.78, 5) is 35.2. The molecule has 1 amide bonds. The molecule has 7 heteroatoms. The van der Waals surface area contributed by atoms with Crippen LogP contribution in [-0.4, -0.2) is 22.9 Å². The second kappa shape index (κ2) is 8.44. The molecule has 0 fully saturated rings. The van der Waals surface area contributed by atoms with Crippen molar-refractivity contribution in [1.82, 2.24) is 0 Å². The molecule has 27 heavy (non-hydrogen) atoms. The van der Waals surface area contributed by atoms with Crippen LogP contribution >= 0.6 is 0 Å². The fourth-order valence-corrected chi connectivity index (χ4v) is 2.65. The van der Waals surface area contributed by atoms with Gasteiger partial charge in [-0.15, -0.1) is 0 Å². The summed E-state index contributed by atoms with van der Waals surface area (Å²) in [7, 11) is 0. The minimum absolute atomic E-state index is 0.194. The number of nitro benzene ring substituents is 1. The van der Waals surface area contributed by atoms with E-state index in [1.165, 1.54) is 31.2 Å². The number of hydrogen-bond donors (Lipinski definition) is 1. The van der Waals surface area contributed by atoms with Crippen LogP contribution < -0.4 is 5.32 Å². The highest BCUT2D eigenvalue weighted by atomic mass is 16.6. The number of carbonyl (C=O) groups excluding carboxylic acids is 2. The number of carbonyl (C=O) groups is 2. The van der Waals surface area contributed by atoms with Crippen molar-refractivity contribution in [2.24, 2.45) is 0 Å². The van der Waals surface area contributed by atoms with Crippen molar-refractivity contribution in [2.45, 2.75) is 39.7 Å². The number of nitrogens with zero attached hydrogens (tertiary/aromatic N) is 1. The first-order valence-corrected chi connectivity index (χ1v) is 8.57. The smallest absolute Gasteiger partial charge is 0.345 e. The Labute approximate surface area is 157 Å². The number of nitro groups is 1. The molecule has 0 aliphatic heterocycles. The van der Waals surface area contributed by atoms with Crippen LogP contribution in [0.15, 0.2) is 42.5 Å². The van der Waals surface area contributed by atoms with Crippen LogP contribution in [-0.2, 0) is 9.53 Å². The van der Waals surface area contributed by atoms with Gasteiger partial charge in [0.2, 0.25) is 0 Å². The molecule has 0 saturated carbocycles. The second-order valence-electron chi connectivity index (χ2n) is 6.50. The second-order valence-corrected chi connectivity index (χ2v) is 6.50. The Bertz CT molecular complexity index is 876. The number of amides is 1. The van der Waals surface area contributed by atoms with Crippen molar-refractivity contribution in [3.63, 3.8) is 0 Å². The minimum Gasteiger partial charge on any atom is -0.449 e. The van der Waals surface area contributed by atoms with E-state index < -0.39 is 22.9 Å². The van der Waals surface area contributed by atoms with Gasteiger partial charge in [0, 0.05) is 11.8 Å². The number of nitrogens with one attached hydrogen (secondary N) is 1. The maximum atomic E-state index is 12.5. The molecule has 0 radical (unpaired) electrons. The van der Waals surface area contributed by atoms with Gasteiger partial charge in [-0.3, -0.25) is 14.9 Å². The molecule has 1 unspecified atom stereocenters. The topological polar surface area (TPSA) is 98.5 Å². The summed E-state index contributed by atoms with van der Waals surface area (Å²) in [5.74, 6) is -1.22. The van der Waals surface area contributed by atoms with Crippen LogP contribution in [0.3, 0.4) is 0 Å². The van der Waals surface area contributed by atoms with Gasteiger partial charge >= 0.3 is 5.97 Å². The van der Waals surface area contributed by atoms with Crippen molar-refractivity contribution < 1.29 is 19.2 Å². The van der Waals surface area contributed by atoms with E-state index in [1.807, 2.05) is 39.0 Å². The van der Waals surface area contributed by atoms with E-state index in [9.17, 15) is 19.7 Å². The van der Waals surface area contributed by atoms with Gasteiger partial charge in [0.25, 0.3) is 11.6 Å². The van der Waals surface area contributed by atoms with Gasteiger partial charge in [-0.25, -0.2) is 4.79 Å². The zero-order valence-corrected chi connectivity index (χ0v) is 15.7. The molecular formula is C20H22N2O5. The number of esters is 1. The predicted octanol–water partition coefficient (Wildman–Crippen LogP) is 4.21. The van der Waals surface area contributed by atoms with Crippen LogP contribution in [0.4, 0.5) is 11.4 Å². The van der Waals surface area contributed by atoms with E-state index in [0.717, 1.165) is 11.1 Å². The number of benzene rings is 2. The van der Waals surface area contributed by atoms with Crippen molar-refractivity contribution in [3.05, 3.63) is 69.3 Å². The molecule has 0 aliphatic carbocycles. The monoisotopic (exact) mass is 370 g/mol. The summed E-state index contributed by atoms with van der Waals surface area (Å²) in [5.41, 5.74) is 2.00. The van der Waals surface area contributed by atoms with Gasteiger partial charge in [0.15, 0.2) is 6.10 Å². The van der Waals surface area contributed by atoms with Gasteiger partial charge in [-0.1, -0.05) is 44.2 Å². The summed E-state index contributed by atoms with van der Waals surface area (Å²) in [6.07, 6.45) is -1.11. The molecule has 0 saturated heterocycles. The normalized spacial score (nSPS) is 11.7. The van der Waals surface area contributed by atoms with Gasteiger partial charge in [0.05, 0.1) is 4.92 Å². The van der Waals surface area contributed by atoms with Gasteiger partial charge in [-0.2, -0.15) is 0 Å². The average molecular weight is 370 g/mol. The molecule has 2 aromatic carbocycles.